The molecule has 53 heavy (non-hydrogen) atoms. The predicted molar refractivity (Wildman–Crippen MR) is 224 cm³/mol. The van der Waals surface area contributed by atoms with Gasteiger partial charge in [0.15, 0.2) is 0 Å². The summed E-state index contributed by atoms with van der Waals surface area (Å²) in [5.41, 5.74) is 0. The SMILES string of the molecule is CCCCCCCCCCC/C=C/CC/C=C/C(O)C(COP(=O)([O-])OCC[N+](C)(C)C)NC(=O)CCCCCCCCCCCCCCCCCC. The molecule has 0 heterocycles. The zero-order valence-electron chi connectivity index (χ0n) is 35.5. The molecule has 8 nitrogen and oxygen atoms in total. The minimum atomic E-state index is -4.59. The van der Waals surface area contributed by atoms with Crippen LogP contribution in [0.5, 0.6) is 0 Å². The van der Waals surface area contributed by atoms with Crippen LogP contribution in [0, 0.1) is 0 Å². The first-order valence-electron chi connectivity index (χ1n) is 22.2. The van der Waals surface area contributed by atoms with Crippen LogP contribution < -0.4 is 10.2 Å². The van der Waals surface area contributed by atoms with Crippen molar-refractivity contribution in [3.05, 3.63) is 24.3 Å². The topological polar surface area (TPSA) is 108 Å². The molecule has 0 radical (unpaired) electrons. The van der Waals surface area contributed by atoms with E-state index in [4.69, 9.17) is 9.05 Å². The van der Waals surface area contributed by atoms with Crippen molar-refractivity contribution in [2.24, 2.45) is 0 Å². The molecule has 2 N–H and O–H groups in total. The first-order chi connectivity index (χ1) is 25.5. The van der Waals surface area contributed by atoms with Crippen LogP contribution in [-0.2, 0) is 18.4 Å². The number of carbonyl (C=O) groups excluding carboxylic acids is 1. The fourth-order valence-corrected chi connectivity index (χ4v) is 7.07. The Labute approximate surface area is 328 Å². The Balaban J connectivity index is 4.46. The summed E-state index contributed by atoms with van der Waals surface area (Å²) in [5, 5.41) is 13.7. The number of hydrogen-bond donors (Lipinski definition) is 2. The molecule has 0 aromatic carbocycles. The molecule has 0 aromatic rings. The number of carbonyl (C=O) groups is 1. The van der Waals surface area contributed by atoms with Crippen molar-refractivity contribution in [3.63, 3.8) is 0 Å². The van der Waals surface area contributed by atoms with Crippen LogP contribution in [0.25, 0.3) is 0 Å². The molecule has 0 aromatic heterocycles. The van der Waals surface area contributed by atoms with Crippen LogP contribution in [-0.4, -0.2) is 68.5 Å². The Morgan fingerprint density at radius 3 is 1.53 bits per heavy atom. The zero-order chi connectivity index (χ0) is 39.3. The number of quaternary nitrogens is 1. The summed E-state index contributed by atoms with van der Waals surface area (Å²) in [6.07, 6.45) is 42.2. The monoisotopic (exact) mass is 771 g/mol. The maximum Gasteiger partial charge on any atom is 0.268 e. The van der Waals surface area contributed by atoms with Gasteiger partial charge in [0.1, 0.15) is 13.2 Å². The smallest absolute Gasteiger partial charge is 0.268 e. The van der Waals surface area contributed by atoms with Crippen LogP contribution in [0.1, 0.15) is 200 Å². The van der Waals surface area contributed by atoms with Crippen molar-refractivity contribution in [3.8, 4) is 0 Å². The molecule has 0 saturated heterocycles. The van der Waals surface area contributed by atoms with E-state index in [2.05, 4.69) is 31.3 Å². The van der Waals surface area contributed by atoms with Gasteiger partial charge < -0.3 is 28.8 Å². The van der Waals surface area contributed by atoms with E-state index in [1.807, 2.05) is 27.2 Å². The Morgan fingerprint density at radius 1 is 0.642 bits per heavy atom. The van der Waals surface area contributed by atoms with Gasteiger partial charge in [0, 0.05) is 6.42 Å². The van der Waals surface area contributed by atoms with Gasteiger partial charge >= 0.3 is 0 Å². The second kappa shape index (κ2) is 36.6. The highest BCUT2D eigenvalue weighted by molar-refractivity contribution is 7.45. The van der Waals surface area contributed by atoms with E-state index >= 15 is 0 Å². The van der Waals surface area contributed by atoms with Crippen molar-refractivity contribution >= 4 is 13.7 Å². The number of nitrogens with one attached hydrogen (secondary N) is 1. The molecule has 3 unspecified atom stereocenters. The Morgan fingerprint density at radius 2 is 1.06 bits per heavy atom. The van der Waals surface area contributed by atoms with E-state index in [-0.39, 0.29) is 19.1 Å². The van der Waals surface area contributed by atoms with Crippen molar-refractivity contribution in [2.75, 3.05) is 40.9 Å². The zero-order valence-corrected chi connectivity index (χ0v) is 36.4. The molecule has 1 amide bonds. The number of amides is 1. The van der Waals surface area contributed by atoms with Gasteiger partial charge in [0.2, 0.25) is 5.91 Å². The van der Waals surface area contributed by atoms with Crippen molar-refractivity contribution < 1.29 is 32.9 Å². The minimum absolute atomic E-state index is 0.00431. The van der Waals surface area contributed by atoms with E-state index in [0.29, 0.717) is 17.4 Å². The van der Waals surface area contributed by atoms with Gasteiger partial charge in [-0.1, -0.05) is 186 Å². The van der Waals surface area contributed by atoms with Crippen LogP contribution in [0.4, 0.5) is 0 Å². The Bertz CT molecular complexity index is 922. The lowest BCUT2D eigenvalue weighted by molar-refractivity contribution is -0.870. The third-order valence-electron chi connectivity index (χ3n) is 9.91. The summed E-state index contributed by atoms with van der Waals surface area (Å²) >= 11 is 0. The molecule has 0 saturated carbocycles. The quantitative estimate of drug-likeness (QED) is 0.0278. The third-order valence-corrected chi connectivity index (χ3v) is 10.9. The van der Waals surface area contributed by atoms with Gasteiger partial charge in [0.25, 0.3) is 7.82 Å². The number of phosphoric ester groups is 1. The van der Waals surface area contributed by atoms with Crippen molar-refractivity contribution in [1.29, 1.82) is 0 Å². The summed E-state index contributed by atoms with van der Waals surface area (Å²) in [6.45, 7) is 4.63. The number of likely N-dealkylation sites (N-methyl/N-ethyl adjacent to an activating group) is 1. The lowest BCUT2D eigenvalue weighted by Crippen LogP contribution is -2.45. The van der Waals surface area contributed by atoms with Crippen molar-refractivity contribution in [1.82, 2.24) is 5.32 Å². The minimum Gasteiger partial charge on any atom is -0.756 e. The molecular weight excluding hydrogens is 683 g/mol. The largest absolute Gasteiger partial charge is 0.756 e. The number of rotatable bonds is 40. The molecule has 0 aliphatic rings. The lowest BCUT2D eigenvalue weighted by Gasteiger charge is -2.29. The first-order valence-corrected chi connectivity index (χ1v) is 23.7. The average molecular weight is 771 g/mol. The second-order valence-corrected chi connectivity index (χ2v) is 17.8. The van der Waals surface area contributed by atoms with Gasteiger partial charge in [-0.25, -0.2) is 0 Å². The van der Waals surface area contributed by atoms with Gasteiger partial charge in [-0.2, -0.15) is 0 Å². The van der Waals surface area contributed by atoms with Crippen LogP contribution in [0.15, 0.2) is 24.3 Å². The van der Waals surface area contributed by atoms with Crippen molar-refractivity contribution in [2.45, 2.75) is 212 Å². The van der Waals surface area contributed by atoms with E-state index in [0.717, 1.165) is 38.5 Å². The maximum atomic E-state index is 12.8. The molecule has 9 heteroatoms. The number of aliphatic hydroxyl groups is 1. The number of phosphoric acid groups is 1. The van der Waals surface area contributed by atoms with Gasteiger partial charge in [0.05, 0.1) is 39.9 Å². The second-order valence-electron chi connectivity index (χ2n) is 16.4. The molecule has 0 aliphatic carbocycles. The van der Waals surface area contributed by atoms with Crippen LogP contribution in [0.2, 0.25) is 0 Å². The molecule has 0 rings (SSSR count). The standard InChI is InChI=1S/C44H87N2O6P/c1-6-8-10-12-14-16-18-20-22-24-26-28-30-32-34-36-38-44(48)45-42(41-52-53(49,50)51-40-39-46(3,4)5)43(47)37-35-33-31-29-27-25-23-21-19-17-15-13-11-9-7-2/h27,29,35,37,42-43,47H,6-26,28,30-34,36,38-41H2,1-5H3,(H-,45,48,49,50)/b29-27+,37-35+. The molecule has 0 bridgehead atoms. The molecular formula is C44H87N2O6P. The molecule has 314 valence electrons. The maximum absolute atomic E-state index is 12.8. The van der Waals surface area contributed by atoms with Gasteiger partial charge in [-0.15, -0.1) is 0 Å². The van der Waals surface area contributed by atoms with Gasteiger partial charge in [-0.05, 0) is 32.1 Å². The first kappa shape index (κ1) is 52.0. The summed E-state index contributed by atoms with van der Waals surface area (Å²) in [5.74, 6) is -0.206. The number of unbranched alkanes of at least 4 members (excludes halogenated alkanes) is 25. The highest BCUT2D eigenvalue weighted by Crippen LogP contribution is 2.38. The van der Waals surface area contributed by atoms with Crippen LogP contribution in [0.3, 0.4) is 0 Å². The Hall–Kier alpha value is -1.02. The van der Waals surface area contributed by atoms with E-state index in [1.165, 1.54) is 141 Å². The summed E-state index contributed by atoms with van der Waals surface area (Å²) in [7, 11) is 1.25. The third kappa shape index (κ3) is 39.0. The number of nitrogens with zero attached hydrogens (tertiary/aromatic N) is 1. The highest BCUT2D eigenvalue weighted by Gasteiger charge is 2.23. The Kier molecular flexibility index (Phi) is 35.9. The molecule has 3 atom stereocenters. The molecule has 0 fully saturated rings. The predicted octanol–water partition coefficient (Wildman–Crippen LogP) is 11.5. The average Bonchev–Trinajstić information content (AvgIpc) is 3.10. The van der Waals surface area contributed by atoms with E-state index in [9.17, 15) is 19.4 Å². The fourth-order valence-electron chi connectivity index (χ4n) is 6.34. The fraction of sp³-hybridized carbons (Fsp3) is 0.886. The number of hydrogen-bond acceptors (Lipinski definition) is 6. The summed E-state index contributed by atoms with van der Waals surface area (Å²) in [6, 6.07) is -0.897. The number of aliphatic hydroxyl groups excluding tert-OH is 1. The lowest BCUT2D eigenvalue weighted by atomic mass is 10.0. The molecule has 0 spiro atoms. The van der Waals surface area contributed by atoms with Gasteiger partial charge in [-0.3, -0.25) is 9.36 Å². The summed E-state index contributed by atoms with van der Waals surface area (Å²) < 4.78 is 23.2. The van der Waals surface area contributed by atoms with E-state index in [1.54, 1.807) is 6.08 Å². The van der Waals surface area contributed by atoms with E-state index < -0.39 is 20.0 Å². The normalized spacial score (nSPS) is 14.6. The van der Waals surface area contributed by atoms with Crippen LogP contribution >= 0.6 is 7.82 Å². The number of allylic oxidation sites excluding steroid dienone is 3. The molecule has 0 aliphatic heterocycles. The highest BCUT2D eigenvalue weighted by atomic mass is 31.2. The summed E-state index contributed by atoms with van der Waals surface area (Å²) in [4.78, 5) is 25.3.